The van der Waals surface area contributed by atoms with Crippen LogP contribution >= 0.6 is 0 Å². The van der Waals surface area contributed by atoms with E-state index in [0.717, 1.165) is 61.8 Å². The second kappa shape index (κ2) is 6.57. The number of fused-ring (bicyclic) bond motifs is 3. The second-order valence-electron chi connectivity index (χ2n) is 8.26. The monoisotopic (exact) mass is 378 g/mol. The molecule has 3 fully saturated rings. The van der Waals surface area contributed by atoms with Crippen LogP contribution in [0.15, 0.2) is 36.7 Å². The predicted molar refractivity (Wildman–Crippen MR) is 105 cm³/mol. The number of hydrogen-bond donors (Lipinski definition) is 1. The topological polar surface area (TPSA) is 59.0 Å². The van der Waals surface area contributed by atoms with Gasteiger partial charge in [0.2, 0.25) is 0 Å². The second-order valence-corrected chi connectivity index (χ2v) is 8.26. The van der Waals surface area contributed by atoms with Crippen LogP contribution in [0.4, 0.5) is 0 Å². The summed E-state index contributed by atoms with van der Waals surface area (Å²) in [6.07, 6.45) is 3.53. The van der Waals surface area contributed by atoms with E-state index in [1.165, 1.54) is 13.1 Å². The maximum atomic E-state index is 11.4. The molecule has 2 atom stereocenters. The Morgan fingerprint density at radius 2 is 1.14 bits per heavy atom. The number of aliphatic hydroxyl groups excluding tert-OH is 1. The molecular formula is C21H26N6O. The number of nitrogens with zero attached hydrogens (tertiary/aromatic N) is 6. The van der Waals surface area contributed by atoms with Gasteiger partial charge >= 0.3 is 0 Å². The lowest BCUT2D eigenvalue weighted by Gasteiger charge is -2.43. The smallest absolute Gasteiger partial charge is 0.119 e. The van der Waals surface area contributed by atoms with E-state index in [1.54, 1.807) is 6.20 Å². The van der Waals surface area contributed by atoms with Crippen LogP contribution in [0.25, 0.3) is 11.4 Å². The normalized spacial score (nSPS) is 29.2. The lowest BCUT2D eigenvalue weighted by molar-refractivity contribution is -0.0155. The quantitative estimate of drug-likeness (QED) is 0.786. The van der Waals surface area contributed by atoms with E-state index in [4.69, 9.17) is 0 Å². The lowest BCUT2D eigenvalue weighted by atomic mass is 9.85. The first-order valence-electron chi connectivity index (χ1n) is 10.4. The molecule has 3 saturated heterocycles. The van der Waals surface area contributed by atoms with Gasteiger partial charge in [0.15, 0.2) is 0 Å². The summed E-state index contributed by atoms with van der Waals surface area (Å²) in [5.74, 6) is 0. The highest BCUT2D eigenvalue weighted by atomic mass is 16.3. The van der Waals surface area contributed by atoms with E-state index in [9.17, 15) is 5.11 Å². The van der Waals surface area contributed by atoms with Gasteiger partial charge in [0.05, 0.1) is 17.4 Å². The molecule has 0 saturated carbocycles. The maximum Gasteiger partial charge on any atom is 0.119 e. The van der Waals surface area contributed by atoms with E-state index < -0.39 is 6.10 Å². The first-order valence-corrected chi connectivity index (χ1v) is 10.4. The van der Waals surface area contributed by atoms with Crippen LogP contribution in [0.1, 0.15) is 23.3 Å². The molecule has 0 amide bonds. The average Bonchev–Trinajstić information content (AvgIpc) is 3.29. The highest BCUT2D eigenvalue weighted by Crippen LogP contribution is 2.45. The molecule has 28 heavy (non-hydrogen) atoms. The molecule has 6 rings (SSSR count). The zero-order valence-electron chi connectivity index (χ0n) is 16.0. The Bertz CT molecular complexity index is 871. The molecule has 4 aliphatic rings. The minimum Gasteiger partial charge on any atom is -0.386 e. The van der Waals surface area contributed by atoms with Crippen LogP contribution in [-0.4, -0.2) is 93.3 Å². The van der Waals surface area contributed by atoms with E-state index in [2.05, 4.69) is 35.6 Å². The molecule has 0 spiro atoms. The van der Waals surface area contributed by atoms with Crippen LogP contribution < -0.4 is 0 Å². The Labute approximate surface area is 165 Å². The van der Waals surface area contributed by atoms with E-state index in [1.807, 2.05) is 24.4 Å². The van der Waals surface area contributed by atoms with Crippen molar-refractivity contribution in [2.45, 2.75) is 18.4 Å². The van der Waals surface area contributed by atoms with Gasteiger partial charge in [-0.15, -0.1) is 0 Å². The molecule has 7 heteroatoms. The molecule has 1 N–H and O–H groups in total. The summed E-state index contributed by atoms with van der Waals surface area (Å²) in [6.45, 7) is 8.65. The van der Waals surface area contributed by atoms with Crippen molar-refractivity contribution < 1.29 is 5.11 Å². The highest BCUT2D eigenvalue weighted by molar-refractivity contribution is 5.67. The standard InChI is InChI=1S/C21H26N6O/c28-20-16-4-2-6-23-18(16)17-15(3-1-5-22-17)19(20)24-7-9-25-11-13-27-14-12-26(10-8-24)21(25)27/h1-6,19-21,28H,7-14H2/t19-,20-/m1/s1. The summed E-state index contributed by atoms with van der Waals surface area (Å²) in [4.78, 5) is 19.5. The third kappa shape index (κ3) is 2.47. The first kappa shape index (κ1) is 17.0. The predicted octanol–water partition coefficient (Wildman–Crippen LogP) is 0.764. The summed E-state index contributed by atoms with van der Waals surface area (Å²) in [5.41, 5.74) is 3.74. The molecule has 7 nitrogen and oxygen atoms in total. The maximum absolute atomic E-state index is 11.4. The Morgan fingerprint density at radius 1 is 0.679 bits per heavy atom. The van der Waals surface area contributed by atoms with Crippen molar-refractivity contribution in [3.8, 4) is 11.4 Å². The van der Waals surface area contributed by atoms with Gasteiger partial charge in [0, 0.05) is 75.9 Å². The Kier molecular flexibility index (Phi) is 3.99. The molecule has 0 radical (unpaired) electrons. The molecule has 3 aliphatic heterocycles. The molecule has 0 aromatic carbocycles. The summed E-state index contributed by atoms with van der Waals surface area (Å²) in [7, 11) is 0. The van der Waals surface area contributed by atoms with Crippen molar-refractivity contribution in [3.05, 3.63) is 47.8 Å². The zero-order valence-corrected chi connectivity index (χ0v) is 16.0. The van der Waals surface area contributed by atoms with Gasteiger partial charge < -0.3 is 5.11 Å². The van der Waals surface area contributed by atoms with Gasteiger partial charge in [-0.2, -0.15) is 0 Å². The van der Waals surface area contributed by atoms with Gasteiger partial charge in [-0.3, -0.25) is 29.6 Å². The minimum atomic E-state index is -0.579. The third-order valence-corrected chi connectivity index (χ3v) is 6.91. The summed E-state index contributed by atoms with van der Waals surface area (Å²) in [6, 6.07) is 7.93. The summed E-state index contributed by atoms with van der Waals surface area (Å²) in [5, 5.41) is 11.4. The Balaban J connectivity index is 1.36. The average molecular weight is 378 g/mol. The third-order valence-electron chi connectivity index (χ3n) is 6.91. The fourth-order valence-electron chi connectivity index (χ4n) is 5.58. The molecule has 0 bridgehead atoms. The van der Waals surface area contributed by atoms with Gasteiger partial charge in [-0.05, 0) is 12.1 Å². The highest BCUT2D eigenvalue weighted by Gasteiger charge is 2.44. The van der Waals surface area contributed by atoms with Gasteiger partial charge in [0.25, 0.3) is 0 Å². The first-order chi connectivity index (χ1) is 13.8. The molecular weight excluding hydrogens is 352 g/mol. The molecule has 5 heterocycles. The zero-order chi connectivity index (χ0) is 18.7. The van der Waals surface area contributed by atoms with Crippen LogP contribution in [0, 0.1) is 0 Å². The molecule has 0 unspecified atom stereocenters. The fourth-order valence-corrected chi connectivity index (χ4v) is 5.58. The van der Waals surface area contributed by atoms with Crippen molar-refractivity contribution in [1.82, 2.24) is 29.6 Å². The van der Waals surface area contributed by atoms with Gasteiger partial charge in [-0.1, -0.05) is 12.1 Å². The molecule has 2 aromatic rings. The van der Waals surface area contributed by atoms with Crippen LogP contribution in [0.2, 0.25) is 0 Å². The molecule has 1 aliphatic carbocycles. The minimum absolute atomic E-state index is 0.0711. The number of hydrogen-bond acceptors (Lipinski definition) is 7. The Hall–Kier alpha value is -1.90. The SMILES string of the molecule is O[C@@H]1c2cccnc2-c2ncccc2[C@H]1N1CCN2CCN3CCN(CC1)C32. The van der Waals surface area contributed by atoms with Crippen LogP contribution in [0.3, 0.4) is 0 Å². The van der Waals surface area contributed by atoms with Gasteiger partial charge in [0.1, 0.15) is 12.4 Å². The van der Waals surface area contributed by atoms with E-state index >= 15 is 0 Å². The number of rotatable bonds is 1. The van der Waals surface area contributed by atoms with Crippen molar-refractivity contribution in [2.75, 3.05) is 52.4 Å². The summed E-state index contributed by atoms with van der Waals surface area (Å²) >= 11 is 0. The largest absolute Gasteiger partial charge is 0.386 e. The van der Waals surface area contributed by atoms with E-state index in [0.29, 0.717) is 6.29 Å². The van der Waals surface area contributed by atoms with Gasteiger partial charge in [-0.25, -0.2) is 0 Å². The fraction of sp³-hybridized carbons (Fsp3) is 0.524. The summed E-state index contributed by atoms with van der Waals surface area (Å²) < 4.78 is 0. The van der Waals surface area contributed by atoms with Crippen LogP contribution in [-0.2, 0) is 0 Å². The van der Waals surface area contributed by atoms with Crippen molar-refractivity contribution in [2.24, 2.45) is 0 Å². The number of aromatic nitrogens is 2. The number of aliphatic hydroxyl groups is 1. The van der Waals surface area contributed by atoms with Crippen molar-refractivity contribution in [1.29, 1.82) is 0 Å². The van der Waals surface area contributed by atoms with Crippen LogP contribution in [0.5, 0.6) is 0 Å². The molecule has 146 valence electrons. The molecule has 2 aromatic heterocycles. The van der Waals surface area contributed by atoms with Crippen molar-refractivity contribution in [3.63, 3.8) is 0 Å². The lowest BCUT2D eigenvalue weighted by Crippen LogP contribution is -2.53. The van der Waals surface area contributed by atoms with E-state index in [-0.39, 0.29) is 6.04 Å². The number of pyridine rings is 2. The Morgan fingerprint density at radius 3 is 1.71 bits per heavy atom. The van der Waals surface area contributed by atoms with Crippen molar-refractivity contribution >= 4 is 0 Å².